The minimum atomic E-state index is -4.84. The Bertz CT molecular complexity index is 616. The highest BCUT2D eigenvalue weighted by molar-refractivity contribution is 9.10. The molecule has 1 heterocycles. The Balaban J connectivity index is 2.27. The number of carbonyl (C=O) groups excluding carboxylic acids is 1. The highest BCUT2D eigenvalue weighted by Gasteiger charge is 2.43. The molecule has 0 N–H and O–H groups in total. The molecule has 3 nitrogen and oxygen atoms in total. The Morgan fingerprint density at radius 2 is 2.22 bits per heavy atom. The highest BCUT2D eigenvalue weighted by atomic mass is 79.9. The SMILES string of the molecule is C=CCOc1cc2c(cc1Br)C(C)CN(C(=O)C(F)(F)F)CC2. The van der Waals surface area contributed by atoms with E-state index in [2.05, 4.69) is 22.5 Å². The van der Waals surface area contributed by atoms with E-state index in [-0.39, 0.29) is 19.0 Å². The number of nitrogens with zero attached hydrogens (tertiary/aromatic N) is 1. The smallest absolute Gasteiger partial charge is 0.471 e. The number of amides is 1. The fourth-order valence-electron chi connectivity index (χ4n) is 2.68. The number of rotatable bonds is 3. The summed E-state index contributed by atoms with van der Waals surface area (Å²) in [6, 6.07) is 3.68. The Kier molecular flexibility index (Phi) is 5.39. The second-order valence-corrected chi connectivity index (χ2v) is 6.34. The molecule has 1 amide bonds. The number of carbonyl (C=O) groups is 1. The van der Waals surface area contributed by atoms with Crippen molar-refractivity contribution in [2.75, 3.05) is 19.7 Å². The van der Waals surface area contributed by atoms with Crippen molar-refractivity contribution in [3.05, 3.63) is 40.4 Å². The van der Waals surface area contributed by atoms with Crippen molar-refractivity contribution in [3.8, 4) is 5.75 Å². The number of fused-ring (bicyclic) bond motifs is 1. The van der Waals surface area contributed by atoms with Crippen molar-refractivity contribution < 1.29 is 22.7 Å². The summed E-state index contributed by atoms with van der Waals surface area (Å²) in [6.45, 7) is 5.82. The molecule has 0 spiro atoms. The van der Waals surface area contributed by atoms with Gasteiger partial charge in [0, 0.05) is 13.1 Å². The molecule has 2 rings (SSSR count). The lowest BCUT2D eigenvalue weighted by atomic mass is 9.95. The summed E-state index contributed by atoms with van der Waals surface area (Å²) in [7, 11) is 0. The van der Waals surface area contributed by atoms with Gasteiger partial charge in [-0.2, -0.15) is 13.2 Å². The minimum absolute atomic E-state index is 0.0399. The monoisotopic (exact) mass is 391 g/mol. The van der Waals surface area contributed by atoms with Crippen molar-refractivity contribution in [2.45, 2.75) is 25.4 Å². The van der Waals surface area contributed by atoms with Crippen LogP contribution in [0.3, 0.4) is 0 Å². The third-order valence-corrected chi connectivity index (χ3v) is 4.38. The van der Waals surface area contributed by atoms with Crippen LogP contribution in [0.4, 0.5) is 13.2 Å². The molecular formula is C16H17BrF3NO2. The van der Waals surface area contributed by atoms with Gasteiger partial charge >= 0.3 is 12.1 Å². The third kappa shape index (κ3) is 4.07. The fraction of sp³-hybridized carbons (Fsp3) is 0.438. The van der Waals surface area contributed by atoms with Crippen molar-refractivity contribution >= 4 is 21.8 Å². The van der Waals surface area contributed by atoms with Gasteiger partial charge in [0.2, 0.25) is 0 Å². The maximum atomic E-state index is 12.7. The average molecular weight is 392 g/mol. The number of hydrogen-bond acceptors (Lipinski definition) is 2. The van der Waals surface area contributed by atoms with E-state index in [1.165, 1.54) is 0 Å². The molecule has 1 aromatic carbocycles. The first kappa shape index (κ1) is 17.8. The summed E-state index contributed by atoms with van der Waals surface area (Å²) in [4.78, 5) is 12.4. The topological polar surface area (TPSA) is 29.5 Å². The van der Waals surface area contributed by atoms with Crippen LogP contribution >= 0.6 is 15.9 Å². The molecule has 126 valence electrons. The van der Waals surface area contributed by atoms with Gasteiger partial charge in [0.1, 0.15) is 12.4 Å². The van der Waals surface area contributed by atoms with E-state index in [0.29, 0.717) is 18.8 Å². The molecule has 7 heteroatoms. The number of alkyl halides is 3. The summed E-state index contributed by atoms with van der Waals surface area (Å²) < 4.78 is 44.3. The molecule has 0 fully saturated rings. The van der Waals surface area contributed by atoms with Gasteiger partial charge in [-0.15, -0.1) is 0 Å². The van der Waals surface area contributed by atoms with E-state index < -0.39 is 12.1 Å². The van der Waals surface area contributed by atoms with Gasteiger partial charge in [-0.05, 0) is 51.5 Å². The molecule has 1 aliphatic heterocycles. The van der Waals surface area contributed by atoms with Crippen LogP contribution in [0.5, 0.6) is 5.75 Å². The summed E-state index contributed by atoms with van der Waals surface area (Å²) in [5.41, 5.74) is 1.83. The molecule has 1 unspecified atom stereocenters. The zero-order valence-corrected chi connectivity index (χ0v) is 14.2. The lowest BCUT2D eigenvalue weighted by Gasteiger charge is -2.24. The first-order valence-corrected chi connectivity index (χ1v) is 7.95. The Hall–Kier alpha value is -1.50. The van der Waals surface area contributed by atoms with E-state index in [9.17, 15) is 18.0 Å². The molecule has 0 aromatic heterocycles. The zero-order chi connectivity index (χ0) is 17.2. The van der Waals surface area contributed by atoms with Crippen LogP contribution in [0.15, 0.2) is 29.3 Å². The zero-order valence-electron chi connectivity index (χ0n) is 12.6. The summed E-state index contributed by atoms with van der Waals surface area (Å²) in [5, 5.41) is 0. The van der Waals surface area contributed by atoms with Gasteiger partial charge in [-0.25, -0.2) is 0 Å². The van der Waals surface area contributed by atoms with Crippen molar-refractivity contribution in [1.82, 2.24) is 4.90 Å². The van der Waals surface area contributed by atoms with Crippen LogP contribution < -0.4 is 4.74 Å². The van der Waals surface area contributed by atoms with Gasteiger partial charge in [0.15, 0.2) is 0 Å². The lowest BCUT2D eigenvalue weighted by Crippen LogP contribution is -2.42. The van der Waals surface area contributed by atoms with E-state index in [0.717, 1.165) is 20.5 Å². The molecule has 0 saturated carbocycles. The highest BCUT2D eigenvalue weighted by Crippen LogP contribution is 2.35. The van der Waals surface area contributed by atoms with Crippen LogP contribution in [0.25, 0.3) is 0 Å². The lowest BCUT2D eigenvalue weighted by molar-refractivity contribution is -0.185. The van der Waals surface area contributed by atoms with Crippen LogP contribution in [0.2, 0.25) is 0 Å². The first-order valence-electron chi connectivity index (χ1n) is 7.16. The van der Waals surface area contributed by atoms with E-state index in [1.54, 1.807) is 6.08 Å². The van der Waals surface area contributed by atoms with E-state index in [4.69, 9.17) is 4.74 Å². The van der Waals surface area contributed by atoms with Gasteiger partial charge in [0.05, 0.1) is 4.47 Å². The van der Waals surface area contributed by atoms with Crippen molar-refractivity contribution in [2.24, 2.45) is 0 Å². The molecular weight excluding hydrogens is 375 g/mol. The molecule has 23 heavy (non-hydrogen) atoms. The molecule has 1 aliphatic rings. The van der Waals surface area contributed by atoms with Crippen LogP contribution in [-0.4, -0.2) is 36.7 Å². The van der Waals surface area contributed by atoms with Crippen molar-refractivity contribution in [1.29, 1.82) is 0 Å². The number of halogens is 4. The predicted molar refractivity (Wildman–Crippen MR) is 84.6 cm³/mol. The van der Waals surface area contributed by atoms with E-state index >= 15 is 0 Å². The van der Waals surface area contributed by atoms with Crippen molar-refractivity contribution in [3.63, 3.8) is 0 Å². The Morgan fingerprint density at radius 3 is 2.83 bits per heavy atom. The quantitative estimate of drug-likeness (QED) is 0.727. The third-order valence-electron chi connectivity index (χ3n) is 3.76. The molecule has 0 radical (unpaired) electrons. The van der Waals surface area contributed by atoms with Gasteiger partial charge < -0.3 is 9.64 Å². The Morgan fingerprint density at radius 1 is 1.52 bits per heavy atom. The van der Waals surface area contributed by atoms with Crippen LogP contribution in [-0.2, 0) is 11.2 Å². The second kappa shape index (κ2) is 6.95. The molecule has 0 aliphatic carbocycles. The average Bonchev–Trinajstić information content (AvgIpc) is 2.63. The maximum Gasteiger partial charge on any atom is 0.471 e. The minimum Gasteiger partial charge on any atom is -0.488 e. The first-order chi connectivity index (χ1) is 10.7. The van der Waals surface area contributed by atoms with Gasteiger partial charge in [-0.1, -0.05) is 19.6 Å². The summed E-state index contributed by atoms with van der Waals surface area (Å²) >= 11 is 3.41. The second-order valence-electron chi connectivity index (χ2n) is 5.48. The predicted octanol–water partition coefficient (Wildman–Crippen LogP) is 4.06. The maximum absolute atomic E-state index is 12.7. The number of hydrogen-bond donors (Lipinski definition) is 0. The van der Waals surface area contributed by atoms with E-state index in [1.807, 2.05) is 19.1 Å². The van der Waals surface area contributed by atoms with Crippen LogP contribution in [0, 0.1) is 0 Å². The normalized spacial score (nSPS) is 18.1. The Labute approximate surface area is 141 Å². The summed E-state index contributed by atoms with van der Waals surface area (Å²) in [5.74, 6) is -1.35. The summed E-state index contributed by atoms with van der Waals surface area (Å²) in [6.07, 6.45) is -2.86. The molecule has 1 atom stereocenters. The molecule has 0 saturated heterocycles. The number of ether oxygens (including phenoxy) is 1. The number of benzene rings is 1. The largest absolute Gasteiger partial charge is 0.488 e. The fourth-order valence-corrected chi connectivity index (χ4v) is 3.16. The molecule has 1 aromatic rings. The van der Waals surface area contributed by atoms with Crippen LogP contribution in [0.1, 0.15) is 24.0 Å². The standard InChI is InChI=1S/C16H17BrF3NO2/c1-3-6-23-14-7-11-4-5-21(15(22)16(18,19)20)9-10(2)12(11)8-13(14)17/h3,7-8,10H,1,4-6,9H2,2H3. The van der Waals surface area contributed by atoms with Gasteiger partial charge in [-0.3, -0.25) is 4.79 Å². The van der Waals surface area contributed by atoms with Gasteiger partial charge in [0.25, 0.3) is 0 Å². The molecule has 0 bridgehead atoms.